The summed E-state index contributed by atoms with van der Waals surface area (Å²) in [5.74, 6) is 2.41. The largest absolute Gasteiger partial charge is 0.486 e. The lowest BCUT2D eigenvalue weighted by atomic mass is 9.91. The van der Waals surface area contributed by atoms with Gasteiger partial charge in [-0.15, -0.1) is 11.8 Å². The van der Waals surface area contributed by atoms with Gasteiger partial charge in [-0.2, -0.15) is 0 Å². The van der Waals surface area contributed by atoms with Gasteiger partial charge in [-0.05, 0) is 30.2 Å². The van der Waals surface area contributed by atoms with Gasteiger partial charge < -0.3 is 14.8 Å². The van der Waals surface area contributed by atoms with Crippen molar-refractivity contribution in [3.05, 3.63) is 17.7 Å². The highest BCUT2D eigenvalue weighted by atomic mass is 32.2. The van der Waals surface area contributed by atoms with Crippen LogP contribution < -0.4 is 14.8 Å². The third-order valence-electron chi connectivity index (χ3n) is 4.01. The first kappa shape index (κ1) is 13.1. The Balaban J connectivity index is 2.03. The highest BCUT2D eigenvalue weighted by Gasteiger charge is 2.33. The molecule has 3 atom stereocenters. The first-order valence-electron chi connectivity index (χ1n) is 7.04. The van der Waals surface area contributed by atoms with Crippen LogP contribution in [0.5, 0.6) is 11.5 Å². The van der Waals surface area contributed by atoms with E-state index in [0.717, 1.165) is 18.0 Å². The summed E-state index contributed by atoms with van der Waals surface area (Å²) in [4.78, 5) is 1.33. The Labute approximate surface area is 119 Å². The maximum Gasteiger partial charge on any atom is 0.162 e. The molecule has 0 saturated carbocycles. The summed E-state index contributed by atoms with van der Waals surface area (Å²) in [6.07, 6.45) is 0. The highest BCUT2D eigenvalue weighted by Crippen LogP contribution is 2.48. The molecule has 1 aromatic carbocycles. The summed E-state index contributed by atoms with van der Waals surface area (Å²) < 4.78 is 11.4. The van der Waals surface area contributed by atoms with Crippen molar-refractivity contribution in [2.24, 2.45) is 5.92 Å². The van der Waals surface area contributed by atoms with Crippen molar-refractivity contribution in [2.75, 3.05) is 19.8 Å². The van der Waals surface area contributed by atoms with Gasteiger partial charge in [0.05, 0.1) is 0 Å². The quantitative estimate of drug-likeness (QED) is 0.900. The van der Waals surface area contributed by atoms with E-state index < -0.39 is 0 Å². The third kappa shape index (κ3) is 2.32. The maximum atomic E-state index is 5.72. The van der Waals surface area contributed by atoms with E-state index >= 15 is 0 Å². The fourth-order valence-electron chi connectivity index (χ4n) is 2.81. The summed E-state index contributed by atoms with van der Waals surface area (Å²) in [5, 5.41) is 4.23. The highest BCUT2D eigenvalue weighted by molar-refractivity contribution is 8.00. The molecule has 0 aromatic heterocycles. The monoisotopic (exact) mass is 279 g/mol. The molecule has 2 aliphatic heterocycles. The second-order valence-corrected chi connectivity index (χ2v) is 6.67. The predicted molar refractivity (Wildman–Crippen MR) is 78.3 cm³/mol. The number of hydrogen-bond acceptors (Lipinski definition) is 4. The van der Waals surface area contributed by atoms with Crippen LogP contribution >= 0.6 is 11.8 Å². The van der Waals surface area contributed by atoms with Gasteiger partial charge in [0, 0.05) is 16.2 Å². The average Bonchev–Trinajstić information content (AvgIpc) is 2.42. The van der Waals surface area contributed by atoms with Gasteiger partial charge in [-0.1, -0.05) is 20.8 Å². The Morgan fingerprint density at radius 2 is 1.89 bits per heavy atom. The Morgan fingerprint density at radius 1 is 1.21 bits per heavy atom. The Kier molecular flexibility index (Phi) is 3.63. The number of rotatable bonds is 2. The molecular weight excluding hydrogens is 258 g/mol. The number of hydrogen-bond donors (Lipinski definition) is 1. The lowest BCUT2D eigenvalue weighted by molar-refractivity contribution is 0.170. The summed E-state index contributed by atoms with van der Waals surface area (Å²) in [7, 11) is 0. The van der Waals surface area contributed by atoms with Gasteiger partial charge in [0.1, 0.15) is 13.2 Å². The maximum absolute atomic E-state index is 5.72. The molecule has 0 radical (unpaired) electrons. The summed E-state index contributed by atoms with van der Waals surface area (Å²) in [6, 6.07) is 4.74. The van der Waals surface area contributed by atoms with E-state index in [1.54, 1.807) is 0 Å². The zero-order valence-electron chi connectivity index (χ0n) is 11.7. The third-order valence-corrected chi connectivity index (χ3v) is 5.42. The molecular formula is C15H21NO2S. The zero-order chi connectivity index (χ0) is 13.4. The van der Waals surface area contributed by atoms with E-state index in [1.807, 2.05) is 11.8 Å². The number of benzene rings is 1. The molecule has 4 heteroatoms. The van der Waals surface area contributed by atoms with Crippen LogP contribution in [0.3, 0.4) is 0 Å². The molecule has 3 rings (SSSR count). The fourth-order valence-corrected chi connectivity index (χ4v) is 4.08. The molecule has 3 unspecified atom stereocenters. The molecule has 0 amide bonds. The van der Waals surface area contributed by atoms with Gasteiger partial charge in [-0.3, -0.25) is 0 Å². The SMILES string of the molecule is CCNC1c2cc3c(cc2SC(C)C1C)OCCO3. The van der Waals surface area contributed by atoms with Gasteiger partial charge >= 0.3 is 0 Å². The fraction of sp³-hybridized carbons (Fsp3) is 0.600. The molecule has 0 saturated heterocycles. The van der Waals surface area contributed by atoms with Crippen LogP contribution in [0.4, 0.5) is 0 Å². The molecule has 0 aliphatic carbocycles. The number of fused-ring (bicyclic) bond motifs is 2. The average molecular weight is 279 g/mol. The number of thioether (sulfide) groups is 1. The Hall–Kier alpha value is -0.870. The Morgan fingerprint density at radius 3 is 2.58 bits per heavy atom. The molecule has 1 aromatic rings. The van der Waals surface area contributed by atoms with E-state index in [0.29, 0.717) is 30.4 Å². The van der Waals surface area contributed by atoms with Crippen molar-refractivity contribution in [3.8, 4) is 11.5 Å². The van der Waals surface area contributed by atoms with E-state index in [4.69, 9.17) is 9.47 Å². The molecule has 19 heavy (non-hydrogen) atoms. The second-order valence-electron chi connectivity index (χ2n) is 5.25. The standard InChI is InChI=1S/C15H21NO2S/c1-4-16-15-9(2)10(3)19-14-8-13-12(7-11(14)15)17-5-6-18-13/h7-10,15-16H,4-6H2,1-3H3. The molecule has 0 bridgehead atoms. The van der Waals surface area contributed by atoms with Crippen molar-refractivity contribution >= 4 is 11.8 Å². The smallest absolute Gasteiger partial charge is 0.162 e. The Bertz CT molecular complexity index is 477. The van der Waals surface area contributed by atoms with Gasteiger partial charge in [0.15, 0.2) is 11.5 Å². The van der Waals surface area contributed by atoms with Gasteiger partial charge in [0.25, 0.3) is 0 Å². The molecule has 104 valence electrons. The first-order chi connectivity index (χ1) is 9.20. The predicted octanol–water partition coefficient (Wildman–Crippen LogP) is 3.24. The molecule has 2 heterocycles. The van der Waals surface area contributed by atoms with Crippen molar-refractivity contribution < 1.29 is 9.47 Å². The van der Waals surface area contributed by atoms with Crippen LogP contribution in [0.1, 0.15) is 32.4 Å². The van der Waals surface area contributed by atoms with Crippen LogP contribution in [-0.4, -0.2) is 25.0 Å². The van der Waals surface area contributed by atoms with Crippen LogP contribution in [-0.2, 0) is 0 Å². The first-order valence-corrected chi connectivity index (χ1v) is 7.92. The van der Waals surface area contributed by atoms with E-state index in [2.05, 4.69) is 38.2 Å². The van der Waals surface area contributed by atoms with Crippen LogP contribution in [0.2, 0.25) is 0 Å². The summed E-state index contributed by atoms with van der Waals surface area (Å²) in [6.45, 7) is 9.08. The van der Waals surface area contributed by atoms with Crippen molar-refractivity contribution in [1.29, 1.82) is 0 Å². The molecule has 0 spiro atoms. The number of nitrogens with one attached hydrogen (secondary N) is 1. The van der Waals surface area contributed by atoms with Crippen LogP contribution in [0.25, 0.3) is 0 Å². The molecule has 2 aliphatic rings. The van der Waals surface area contributed by atoms with Crippen molar-refractivity contribution in [2.45, 2.75) is 37.0 Å². The van der Waals surface area contributed by atoms with E-state index in [9.17, 15) is 0 Å². The zero-order valence-corrected chi connectivity index (χ0v) is 12.5. The molecule has 0 fully saturated rings. The lowest BCUT2D eigenvalue weighted by Gasteiger charge is -2.37. The normalized spacial score (nSPS) is 28.9. The minimum Gasteiger partial charge on any atom is -0.486 e. The molecule has 1 N–H and O–H groups in total. The second kappa shape index (κ2) is 5.25. The summed E-state index contributed by atoms with van der Waals surface area (Å²) in [5.41, 5.74) is 1.36. The number of ether oxygens (including phenoxy) is 2. The summed E-state index contributed by atoms with van der Waals surface area (Å²) >= 11 is 1.95. The topological polar surface area (TPSA) is 30.5 Å². The van der Waals surface area contributed by atoms with Gasteiger partial charge in [0.2, 0.25) is 0 Å². The van der Waals surface area contributed by atoms with E-state index in [1.165, 1.54) is 10.5 Å². The van der Waals surface area contributed by atoms with Gasteiger partial charge in [-0.25, -0.2) is 0 Å². The van der Waals surface area contributed by atoms with Crippen molar-refractivity contribution in [1.82, 2.24) is 5.32 Å². The van der Waals surface area contributed by atoms with Crippen LogP contribution in [0.15, 0.2) is 17.0 Å². The van der Waals surface area contributed by atoms with Crippen molar-refractivity contribution in [3.63, 3.8) is 0 Å². The van der Waals surface area contributed by atoms with Crippen LogP contribution in [0, 0.1) is 5.92 Å². The molecule has 3 nitrogen and oxygen atoms in total. The van der Waals surface area contributed by atoms with E-state index in [-0.39, 0.29) is 0 Å². The minimum atomic E-state index is 0.409. The lowest BCUT2D eigenvalue weighted by Crippen LogP contribution is -2.34. The minimum absolute atomic E-state index is 0.409.